The minimum absolute atomic E-state index is 0. The highest BCUT2D eigenvalue weighted by atomic mass is 35.5. The van der Waals surface area contributed by atoms with Crippen LogP contribution in [0, 0.1) is 0 Å². The molecule has 1 aliphatic rings. The largest absolute Gasteiger partial charge is 0.335 e. The van der Waals surface area contributed by atoms with Gasteiger partial charge in [0.05, 0.1) is 12.2 Å². The van der Waals surface area contributed by atoms with Gasteiger partial charge in [-0.1, -0.05) is 13.0 Å². The third-order valence-electron chi connectivity index (χ3n) is 4.67. The second kappa shape index (κ2) is 12.0. The normalized spacial score (nSPS) is 16.1. The average Bonchev–Trinajstić information content (AvgIpc) is 3.11. The highest BCUT2D eigenvalue weighted by molar-refractivity contribution is 5.85. The third-order valence-corrected chi connectivity index (χ3v) is 4.67. The van der Waals surface area contributed by atoms with Crippen molar-refractivity contribution in [1.82, 2.24) is 25.0 Å². The molecule has 27 heavy (non-hydrogen) atoms. The molecule has 1 N–H and O–H groups in total. The molecule has 3 rings (SSSR count). The van der Waals surface area contributed by atoms with Crippen LogP contribution in [0.25, 0.3) is 0 Å². The summed E-state index contributed by atoms with van der Waals surface area (Å²) < 4.78 is 1.88. The number of carbonyl (C=O) groups excluding carboxylic acids is 1. The molecule has 2 aromatic heterocycles. The summed E-state index contributed by atoms with van der Waals surface area (Å²) in [6, 6.07) is 7.86. The summed E-state index contributed by atoms with van der Waals surface area (Å²) in [7, 11) is 0. The van der Waals surface area contributed by atoms with E-state index in [0.717, 1.165) is 43.9 Å². The van der Waals surface area contributed by atoms with Crippen molar-refractivity contribution >= 4 is 30.7 Å². The van der Waals surface area contributed by atoms with Crippen molar-refractivity contribution < 1.29 is 4.79 Å². The molecule has 8 heteroatoms. The average molecular weight is 414 g/mol. The third kappa shape index (κ3) is 6.48. The minimum atomic E-state index is 0. The van der Waals surface area contributed by atoms with E-state index in [1.165, 1.54) is 6.42 Å². The van der Waals surface area contributed by atoms with Crippen LogP contribution < -0.4 is 5.32 Å². The Morgan fingerprint density at radius 1 is 1.30 bits per heavy atom. The fourth-order valence-corrected chi connectivity index (χ4v) is 3.40. The number of pyridine rings is 1. The number of hydrogen-bond acceptors (Lipinski definition) is 4. The van der Waals surface area contributed by atoms with Crippen LogP contribution in [-0.2, 0) is 17.9 Å². The summed E-state index contributed by atoms with van der Waals surface area (Å²) in [6.07, 6.45) is 6.83. The van der Waals surface area contributed by atoms with Gasteiger partial charge in [-0.2, -0.15) is 5.10 Å². The highest BCUT2D eigenvalue weighted by Crippen LogP contribution is 2.22. The van der Waals surface area contributed by atoms with Gasteiger partial charge >= 0.3 is 0 Å². The molecule has 1 unspecified atom stereocenters. The Labute approximate surface area is 173 Å². The first-order valence-corrected chi connectivity index (χ1v) is 9.18. The zero-order valence-corrected chi connectivity index (χ0v) is 17.3. The Morgan fingerprint density at radius 2 is 2.15 bits per heavy atom. The van der Waals surface area contributed by atoms with E-state index < -0.39 is 0 Å². The lowest BCUT2D eigenvalue weighted by Crippen LogP contribution is -2.36. The van der Waals surface area contributed by atoms with Gasteiger partial charge in [0.2, 0.25) is 5.91 Å². The van der Waals surface area contributed by atoms with Crippen LogP contribution in [0.3, 0.4) is 0 Å². The van der Waals surface area contributed by atoms with Gasteiger partial charge in [-0.15, -0.1) is 24.8 Å². The van der Waals surface area contributed by atoms with E-state index >= 15 is 0 Å². The summed E-state index contributed by atoms with van der Waals surface area (Å²) in [5, 5.41) is 7.84. The molecule has 3 heterocycles. The van der Waals surface area contributed by atoms with E-state index in [1.807, 2.05) is 33.8 Å². The molecule has 0 saturated carbocycles. The monoisotopic (exact) mass is 413 g/mol. The lowest BCUT2D eigenvalue weighted by Gasteiger charge is -2.25. The summed E-state index contributed by atoms with van der Waals surface area (Å²) in [5.74, 6) is 0.542. The maximum Gasteiger partial charge on any atom is 0.244 e. The van der Waals surface area contributed by atoms with Crippen LogP contribution in [0.4, 0.5) is 0 Å². The van der Waals surface area contributed by atoms with Crippen LogP contribution in [0.5, 0.6) is 0 Å². The molecule has 6 nitrogen and oxygen atoms in total. The Hall–Kier alpha value is -1.63. The topological polar surface area (TPSA) is 63.1 Å². The molecule has 0 aliphatic carbocycles. The van der Waals surface area contributed by atoms with Gasteiger partial charge in [0.15, 0.2) is 0 Å². The Bertz CT molecular complexity index is 674. The van der Waals surface area contributed by atoms with Crippen molar-refractivity contribution in [3.8, 4) is 0 Å². The molecule has 1 amide bonds. The predicted molar refractivity (Wildman–Crippen MR) is 112 cm³/mol. The number of hydrogen-bond donors (Lipinski definition) is 1. The van der Waals surface area contributed by atoms with Crippen molar-refractivity contribution in [3.63, 3.8) is 0 Å². The molecule has 1 aliphatic heterocycles. The first-order chi connectivity index (χ1) is 12.3. The molecule has 1 atom stereocenters. The standard InChI is InChI=1S/C19H27N5O.2ClH/c1-2-12-23(14-17-7-3-4-10-21-17)19(25)15-24-18(8-11-22-24)16-6-5-9-20-13-16;;/h3-4,7-8,10-11,16,20H,2,5-6,9,12-15H2,1H3;2*1H. The van der Waals surface area contributed by atoms with Gasteiger partial charge in [-0.25, -0.2) is 0 Å². The van der Waals surface area contributed by atoms with E-state index in [4.69, 9.17) is 0 Å². The number of piperidine rings is 1. The number of carbonyl (C=O) groups is 1. The van der Waals surface area contributed by atoms with E-state index in [-0.39, 0.29) is 30.7 Å². The molecular weight excluding hydrogens is 385 g/mol. The number of aromatic nitrogens is 3. The summed E-state index contributed by atoms with van der Waals surface area (Å²) in [5.41, 5.74) is 2.08. The first kappa shape index (κ1) is 23.4. The molecule has 0 radical (unpaired) electrons. The smallest absolute Gasteiger partial charge is 0.244 e. The summed E-state index contributed by atoms with van der Waals surface area (Å²) in [6.45, 7) is 5.72. The van der Waals surface area contributed by atoms with Crippen LogP contribution in [0.2, 0.25) is 0 Å². The zero-order chi connectivity index (χ0) is 17.5. The van der Waals surface area contributed by atoms with E-state index in [9.17, 15) is 4.79 Å². The highest BCUT2D eigenvalue weighted by Gasteiger charge is 2.21. The van der Waals surface area contributed by atoms with Crippen molar-refractivity contribution in [3.05, 3.63) is 48.0 Å². The molecule has 1 saturated heterocycles. The molecule has 0 aromatic carbocycles. The quantitative estimate of drug-likeness (QED) is 0.757. The van der Waals surface area contributed by atoms with E-state index in [1.54, 1.807) is 12.4 Å². The molecule has 150 valence electrons. The van der Waals surface area contributed by atoms with E-state index in [2.05, 4.69) is 22.3 Å². The number of amides is 1. The van der Waals surface area contributed by atoms with E-state index in [0.29, 0.717) is 19.0 Å². The Kier molecular flexibility index (Phi) is 10.4. The van der Waals surface area contributed by atoms with Gasteiger partial charge in [-0.3, -0.25) is 14.5 Å². The Balaban J connectivity index is 0.00000182. The second-order valence-electron chi connectivity index (χ2n) is 6.59. The van der Waals surface area contributed by atoms with Gasteiger partial charge < -0.3 is 10.2 Å². The molecular formula is C19H29Cl2N5O. The van der Waals surface area contributed by atoms with Gasteiger partial charge in [-0.05, 0) is 44.0 Å². The number of halogens is 2. The van der Waals surface area contributed by atoms with Gasteiger partial charge in [0.25, 0.3) is 0 Å². The maximum atomic E-state index is 12.9. The van der Waals surface area contributed by atoms with Crippen molar-refractivity contribution in [2.75, 3.05) is 19.6 Å². The van der Waals surface area contributed by atoms with Crippen molar-refractivity contribution in [1.29, 1.82) is 0 Å². The number of nitrogens with one attached hydrogen (secondary N) is 1. The van der Waals surface area contributed by atoms with Gasteiger partial charge in [0.1, 0.15) is 6.54 Å². The van der Waals surface area contributed by atoms with Crippen molar-refractivity contribution in [2.45, 2.75) is 45.2 Å². The number of rotatable bonds is 7. The molecule has 0 bridgehead atoms. The Morgan fingerprint density at radius 3 is 2.81 bits per heavy atom. The van der Waals surface area contributed by atoms with Gasteiger partial charge in [0, 0.05) is 37.1 Å². The lowest BCUT2D eigenvalue weighted by atomic mass is 9.96. The van der Waals surface area contributed by atoms with Crippen LogP contribution in [0.1, 0.15) is 43.5 Å². The molecule has 1 fully saturated rings. The molecule has 2 aromatic rings. The van der Waals surface area contributed by atoms with Crippen LogP contribution in [-0.4, -0.2) is 45.2 Å². The maximum absolute atomic E-state index is 12.9. The summed E-state index contributed by atoms with van der Waals surface area (Å²) >= 11 is 0. The lowest BCUT2D eigenvalue weighted by molar-refractivity contribution is -0.132. The SMILES string of the molecule is CCCN(Cc1ccccn1)C(=O)Cn1nccc1C1CCCNC1.Cl.Cl. The number of nitrogens with zero attached hydrogens (tertiary/aromatic N) is 4. The van der Waals surface area contributed by atoms with Crippen LogP contribution >= 0.6 is 24.8 Å². The predicted octanol–water partition coefficient (Wildman–Crippen LogP) is 3.03. The molecule has 0 spiro atoms. The fourth-order valence-electron chi connectivity index (χ4n) is 3.40. The first-order valence-electron chi connectivity index (χ1n) is 9.18. The van der Waals surface area contributed by atoms with Crippen LogP contribution in [0.15, 0.2) is 36.7 Å². The zero-order valence-electron chi connectivity index (χ0n) is 15.7. The summed E-state index contributed by atoms with van der Waals surface area (Å²) in [4.78, 5) is 19.1. The second-order valence-corrected chi connectivity index (χ2v) is 6.59. The minimum Gasteiger partial charge on any atom is -0.335 e. The fraction of sp³-hybridized carbons (Fsp3) is 0.526. The van der Waals surface area contributed by atoms with Crippen molar-refractivity contribution in [2.24, 2.45) is 0 Å².